The van der Waals surface area contributed by atoms with Gasteiger partial charge < -0.3 is 24.1 Å². The van der Waals surface area contributed by atoms with Crippen molar-refractivity contribution in [3.63, 3.8) is 0 Å². The van der Waals surface area contributed by atoms with Gasteiger partial charge in [-0.25, -0.2) is 4.99 Å². The predicted octanol–water partition coefficient (Wildman–Crippen LogP) is 3.78. The molecule has 9 heteroatoms. The number of benzene rings is 1. The quantitative estimate of drug-likeness (QED) is 0.695. The first-order chi connectivity index (χ1) is 13.6. The topological polar surface area (TPSA) is 76.3 Å². The van der Waals surface area contributed by atoms with Gasteiger partial charge in [-0.2, -0.15) is 0 Å². The highest BCUT2D eigenvalue weighted by molar-refractivity contribution is 9.10. The Balaban J connectivity index is 1.50. The molecule has 2 fully saturated rings. The lowest BCUT2D eigenvalue weighted by Crippen LogP contribution is -2.36. The van der Waals surface area contributed by atoms with Crippen molar-refractivity contribution in [3.05, 3.63) is 45.5 Å². The highest BCUT2D eigenvalue weighted by Gasteiger charge is 2.25. The number of methoxy groups -OCH3 is 1. The molecule has 2 aliphatic heterocycles. The predicted molar refractivity (Wildman–Crippen MR) is 113 cm³/mol. The summed E-state index contributed by atoms with van der Waals surface area (Å²) in [6.07, 6.45) is 1.73. The first-order valence-corrected chi connectivity index (χ1v) is 10.3. The summed E-state index contributed by atoms with van der Waals surface area (Å²) in [6.45, 7) is 2.89. The number of nitrogens with zero attached hydrogens (tertiary/aromatic N) is 2. The van der Waals surface area contributed by atoms with Crippen molar-refractivity contribution in [2.75, 3.05) is 38.3 Å². The van der Waals surface area contributed by atoms with Gasteiger partial charge in [0.2, 0.25) is 5.88 Å². The van der Waals surface area contributed by atoms with E-state index in [4.69, 9.17) is 13.9 Å². The van der Waals surface area contributed by atoms with E-state index in [0.29, 0.717) is 29.0 Å². The Morgan fingerprint density at radius 1 is 1.29 bits per heavy atom. The number of thioether (sulfide) groups is 1. The maximum absolute atomic E-state index is 12.3. The second kappa shape index (κ2) is 8.42. The third kappa shape index (κ3) is 4.26. The largest absolute Gasteiger partial charge is 0.497 e. The summed E-state index contributed by atoms with van der Waals surface area (Å²) in [4.78, 5) is 19.4. The third-order valence-corrected chi connectivity index (χ3v) is 5.69. The van der Waals surface area contributed by atoms with E-state index in [-0.39, 0.29) is 5.91 Å². The number of halogens is 1. The standard InChI is InChI=1S/C19H18BrN3O4S/c1-25-13-4-2-12(3-5-13)21-19-22-17(24)16(28-19)11-14-10-15(20)18(27-14)23-6-8-26-9-7-23/h2-5,10-11H,6-9H2,1H3,(H,21,22,24)/b16-11-. The molecule has 0 saturated carbocycles. The Kier molecular flexibility index (Phi) is 5.74. The maximum Gasteiger partial charge on any atom is 0.264 e. The molecule has 2 aromatic rings. The van der Waals surface area contributed by atoms with Crippen molar-refractivity contribution in [2.24, 2.45) is 4.99 Å². The lowest BCUT2D eigenvalue weighted by molar-refractivity contribution is -0.115. The fourth-order valence-electron chi connectivity index (χ4n) is 2.81. The lowest BCUT2D eigenvalue weighted by Gasteiger charge is -2.26. The van der Waals surface area contributed by atoms with Crippen LogP contribution in [-0.4, -0.2) is 44.5 Å². The molecule has 0 bridgehead atoms. The molecule has 4 rings (SSSR count). The molecule has 1 N–H and O–H groups in total. The van der Waals surface area contributed by atoms with Crippen molar-refractivity contribution in [3.8, 4) is 5.75 Å². The number of amidine groups is 1. The zero-order valence-electron chi connectivity index (χ0n) is 15.1. The molecule has 28 heavy (non-hydrogen) atoms. The van der Waals surface area contributed by atoms with Crippen LogP contribution < -0.4 is 15.0 Å². The number of rotatable bonds is 4. The number of aliphatic imine (C=N–C) groups is 1. The number of hydrogen-bond acceptors (Lipinski definition) is 7. The molecule has 3 heterocycles. The van der Waals surface area contributed by atoms with E-state index in [0.717, 1.165) is 34.9 Å². The number of morpholine rings is 1. The molecule has 0 radical (unpaired) electrons. The summed E-state index contributed by atoms with van der Waals surface area (Å²) >= 11 is 4.82. The summed E-state index contributed by atoms with van der Waals surface area (Å²) < 4.78 is 17.3. The molecular formula is C19H18BrN3O4S. The second-order valence-corrected chi connectivity index (χ2v) is 7.97. The zero-order chi connectivity index (χ0) is 19.5. The van der Waals surface area contributed by atoms with Crippen molar-refractivity contribution < 1.29 is 18.7 Å². The minimum atomic E-state index is -0.197. The van der Waals surface area contributed by atoms with E-state index in [1.165, 1.54) is 11.8 Å². The molecule has 1 aromatic heterocycles. The van der Waals surface area contributed by atoms with Crippen LogP contribution in [0.3, 0.4) is 0 Å². The smallest absolute Gasteiger partial charge is 0.264 e. The van der Waals surface area contributed by atoms with Gasteiger partial charge in [0.05, 0.1) is 35.4 Å². The summed E-state index contributed by atoms with van der Waals surface area (Å²) in [6, 6.07) is 9.18. The molecule has 2 aliphatic rings. The van der Waals surface area contributed by atoms with Gasteiger partial charge in [-0.15, -0.1) is 0 Å². The second-order valence-electron chi connectivity index (χ2n) is 6.08. The van der Waals surface area contributed by atoms with Crippen molar-refractivity contribution >= 4 is 56.4 Å². The number of carbonyl (C=O) groups excluding carboxylic acids is 1. The highest BCUT2D eigenvalue weighted by atomic mass is 79.9. The monoisotopic (exact) mass is 463 g/mol. The Morgan fingerprint density at radius 3 is 2.75 bits per heavy atom. The van der Waals surface area contributed by atoms with Gasteiger partial charge in [-0.3, -0.25) is 4.79 Å². The third-order valence-electron chi connectivity index (χ3n) is 4.21. The number of amides is 1. The Morgan fingerprint density at radius 2 is 2.04 bits per heavy atom. The van der Waals surface area contributed by atoms with Crippen LogP contribution in [-0.2, 0) is 9.53 Å². The minimum Gasteiger partial charge on any atom is -0.497 e. The van der Waals surface area contributed by atoms with Gasteiger partial charge in [0.1, 0.15) is 11.5 Å². The Hall–Kier alpha value is -2.23. The molecule has 146 valence electrons. The average Bonchev–Trinajstić information content (AvgIpc) is 3.25. The fraction of sp³-hybridized carbons (Fsp3) is 0.263. The van der Waals surface area contributed by atoms with E-state index < -0.39 is 0 Å². The van der Waals surface area contributed by atoms with Crippen LogP contribution in [0.1, 0.15) is 5.76 Å². The van der Waals surface area contributed by atoms with Crippen molar-refractivity contribution in [1.29, 1.82) is 0 Å². The van der Waals surface area contributed by atoms with E-state index in [9.17, 15) is 4.79 Å². The Labute approximate surface area is 174 Å². The molecule has 0 unspecified atom stereocenters. The number of ether oxygens (including phenoxy) is 2. The number of carbonyl (C=O) groups is 1. The summed E-state index contributed by atoms with van der Waals surface area (Å²) in [5.41, 5.74) is 0.736. The van der Waals surface area contributed by atoms with Crippen LogP contribution in [0.15, 0.2) is 49.1 Å². The van der Waals surface area contributed by atoms with Crippen LogP contribution in [0.4, 0.5) is 11.6 Å². The molecular weight excluding hydrogens is 446 g/mol. The average molecular weight is 464 g/mol. The molecule has 1 amide bonds. The minimum absolute atomic E-state index is 0.197. The first kappa shape index (κ1) is 19.1. The van der Waals surface area contributed by atoms with Crippen LogP contribution >= 0.6 is 27.7 Å². The molecule has 0 atom stereocenters. The molecule has 1 aromatic carbocycles. The number of furan rings is 1. The van der Waals surface area contributed by atoms with Gasteiger partial charge in [0, 0.05) is 25.2 Å². The molecule has 2 saturated heterocycles. The SMILES string of the molecule is COc1ccc(N=C2NC(=O)/C(=C/c3cc(Br)c(N4CCOCC4)o3)S2)cc1. The lowest BCUT2D eigenvalue weighted by atomic mass is 10.3. The van der Waals surface area contributed by atoms with Crippen molar-refractivity contribution in [1.82, 2.24) is 5.32 Å². The van der Waals surface area contributed by atoms with Gasteiger partial charge in [-0.05, 0) is 52.0 Å². The van der Waals surface area contributed by atoms with Gasteiger partial charge in [0.15, 0.2) is 5.17 Å². The van der Waals surface area contributed by atoms with E-state index in [1.54, 1.807) is 13.2 Å². The summed E-state index contributed by atoms with van der Waals surface area (Å²) in [5, 5.41) is 3.31. The summed E-state index contributed by atoms with van der Waals surface area (Å²) in [5.74, 6) is 1.92. The Bertz CT molecular complexity index is 933. The highest BCUT2D eigenvalue weighted by Crippen LogP contribution is 2.34. The van der Waals surface area contributed by atoms with Crippen molar-refractivity contribution in [2.45, 2.75) is 0 Å². The van der Waals surface area contributed by atoms with Gasteiger partial charge >= 0.3 is 0 Å². The number of anilines is 1. The van der Waals surface area contributed by atoms with Crippen LogP contribution in [0.5, 0.6) is 5.75 Å². The van der Waals surface area contributed by atoms with Crippen LogP contribution in [0, 0.1) is 0 Å². The van der Waals surface area contributed by atoms with Crippen LogP contribution in [0.25, 0.3) is 6.08 Å². The zero-order valence-corrected chi connectivity index (χ0v) is 17.5. The van der Waals surface area contributed by atoms with E-state index in [2.05, 4.69) is 31.1 Å². The summed E-state index contributed by atoms with van der Waals surface area (Å²) in [7, 11) is 1.61. The molecule has 7 nitrogen and oxygen atoms in total. The van der Waals surface area contributed by atoms with E-state index >= 15 is 0 Å². The molecule has 0 spiro atoms. The van der Waals surface area contributed by atoms with Gasteiger partial charge in [-0.1, -0.05) is 0 Å². The van der Waals surface area contributed by atoms with Gasteiger partial charge in [0.25, 0.3) is 5.91 Å². The fourth-order valence-corrected chi connectivity index (χ4v) is 4.19. The normalized spacial score (nSPS) is 20.1. The van der Waals surface area contributed by atoms with E-state index in [1.807, 2.05) is 30.3 Å². The number of hydrogen-bond donors (Lipinski definition) is 1. The van der Waals surface area contributed by atoms with Crippen LogP contribution in [0.2, 0.25) is 0 Å². The maximum atomic E-state index is 12.3. The number of nitrogens with one attached hydrogen (secondary N) is 1. The molecule has 0 aliphatic carbocycles. The first-order valence-electron chi connectivity index (χ1n) is 8.68.